The zero-order chi connectivity index (χ0) is 24.8. The molecule has 2 aromatic carbocycles. The molecule has 1 N–H and O–H groups in total. The Bertz CT molecular complexity index is 1320. The number of para-hydroxylation sites is 2. The van der Waals surface area contributed by atoms with Crippen molar-refractivity contribution >= 4 is 46.5 Å². The zero-order valence-corrected chi connectivity index (χ0v) is 19.0. The number of rotatable bonds is 7. The van der Waals surface area contributed by atoms with Crippen molar-refractivity contribution in [2.75, 3.05) is 16.8 Å². The van der Waals surface area contributed by atoms with E-state index < -0.39 is 18.0 Å². The van der Waals surface area contributed by atoms with Gasteiger partial charge in [0, 0.05) is 6.92 Å². The van der Waals surface area contributed by atoms with Gasteiger partial charge in [-0.25, -0.2) is 14.7 Å². The van der Waals surface area contributed by atoms with Crippen molar-refractivity contribution in [2.45, 2.75) is 20.4 Å². The second-order valence-electron chi connectivity index (χ2n) is 7.26. The highest BCUT2D eigenvalue weighted by Gasteiger charge is 2.24. The summed E-state index contributed by atoms with van der Waals surface area (Å²) in [5.41, 5.74) is 1.47. The number of aromatic nitrogens is 4. The predicted molar refractivity (Wildman–Crippen MR) is 127 cm³/mol. The van der Waals surface area contributed by atoms with Crippen LogP contribution in [0, 0.1) is 0 Å². The smallest absolute Gasteiger partial charge is 0.425 e. The van der Waals surface area contributed by atoms with Crippen LogP contribution in [0.25, 0.3) is 11.2 Å². The number of ether oxygens (including phenoxy) is 2. The van der Waals surface area contributed by atoms with Crippen molar-refractivity contribution in [3.8, 4) is 5.88 Å². The second kappa shape index (κ2) is 10.4. The Morgan fingerprint density at radius 2 is 1.60 bits per heavy atom. The quantitative estimate of drug-likeness (QED) is 0.402. The van der Waals surface area contributed by atoms with Gasteiger partial charge in [-0.05, 0) is 31.2 Å². The van der Waals surface area contributed by atoms with Crippen molar-refractivity contribution in [3.63, 3.8) is 0 Å². The Labute approximate surface area is 200 Å². The van der Waals surface area contributed by atoms with Crippen LogP contribution < -0.4 is 15.0 Å². The normalized spacial score (nSPS) is 10.6. The maximum atomic E-state index is 13.4. The summed E-state index contributed by atoms with van der Waals surface area (Å²) in [6.07, 6.45) is 0.605. The topological polar surface area (TPSA) is 129 Å². The fourth-order valence-corrected chi connectivity index (χ4v) is 3.31. The minimum Gasteiger partial charge on any atom is -0.465 e. The fraction of sp³-hybridized carbons (Fsp3) is 0.167. The van der Waals surface area contributed by atoms with Crippen LogP contribution in [0.4, 0.5) is 22.1 Å². The van der Waals surface area contributed by atoms with E-state index in [4.69, 9.17) is 9.47 Å². The van der Waals surface area contributed by atoms with Crippen LogP contribution in [0.2, 0.25) is 0 Å². The van der Waals surface area contributed by atoms with E-state index in [0.29, 0.717) is 11.4 Å². The first-order valence-electron chi connectivity index (χ1n) is 10.7. The molecule has 11 heteroatoms. The third-order valence-electron chi connectivity index (χ3n) is 4.72. The van der Waals surface area contributed by atoms with Crippen molar-refractivity contribution in [1.82, 2.24) is 19.5 Å². The number of carbonyl (C=O) groups excluding carboxylic acids is 3. The van der Waals surface area contributed by atoms with Gasteiger partial charge < -0.3 is 14.0 Å². The molecule has 4 rings (SSSR count). The minimum atomic E-state index is -0.754. The van der Waals surface area contributed by atoms with Crippen molar-refractivity contribution in [1.29, 1.82) is 0 Å². The Morgan fingerprint density at radius 3 is 2.17 bits per heavy atom. The number of hydrogen-bond donors (Lipinski definition) is 1. The van der Waals surface area contributed by atoms with Crippen LogP contribution in [0.3, 0.4) is 0 Å². The monoisotopic (exact) mass is 474 g/mol. The van der Waals surface area contributed by atoms with E-state index in [-0.39, 0.29) is 36.1 Å². The summed E-state index contributed by atoms with van der Waals surface area (Å²) in [7, 11) is 0. The zero-order valence-electron chi connectivity index (χ0n) is 19.0. The molecule has 11 nitrogen and oxygen atoms in total. The Balaban J connectivity index is 1.74. The summed E-state index contributed by atoms with van der Waals surface area (Å²) in [6, 6.07) is 17.9. The molecule has 2 aromatic heterocycles. The van der Waals surface area contributed by atoms with E-state index in [0.717, 1.165) is 0 Å². The molecule has 35 heavy (non-hydrogen) atoms. The molecule has 0 spiro atoms. The molecule has 178 valence electrons. The first kappa shape index (κ1) is 23.4. The summed E-state index contributed by atoms with van der Waals surface area (Å²) in [5, 5.41) is 2.48. The van der Waals surface area contributed by atoms with E-state index in [1.165, 1.54) is 22.7 Å². The number of anilines is 3. The van der Waals surface area contributed by atoms with Crippen LogP contribution in [-0.2, 0) is 20.9 Å². The molecule has 2 heterocycles. The van der Waals surface area contributed by atoms with Crippen LogP contribution in [0.5, 0.6) is 5.88 Å². The highest BCUT2D eigenvalue weighted by Crippen LogP contribution is 2.29. The van der Waals surface area contributed by atoms with Gasteiger partial charge in [0.1, 0.15) is 6.54 Å². The summed E-state index contributed by atoms with van der Waals surface area (Å²) >= 11 is 0. The molecule has 0 aliphatic carbocycles. The molecule has 0 unspecified atom stereocenters. The summed E-state index contributed by atoms with van der Waals surface area (Å²) in [6.45, 7) is 3.04. The molecule has 0 bridgehead atoms. The second-order valence-corrected chi connectivity index (χ2v) is 7.26. The number of benzene rings is 2. The number of nitrogens with one attached hydrogen (secondary N) is 1. The van der Waals surface area contributed by atoms with Gasteiger partial charge in [-0.1, -0.05) is 36.4 Å². The van der Waals surface area contributed by atoms with Gasteiger partial charge in [-0.15, -0.1) is 0 Å². The minimum absolute atomic E-state index is 0.107. The molecule has 0 fully saturated rings. The maximum Gasteiger partial charge on any atom is 0.425 e. The van der Waals surface area contributed by atoms with Gasteiger partial charge in [-0.2, -0.15) is 9.97 Å². The average Bonchev–Trinajstić information content (AvgIpc) is 3.23. The van der Waals surface area contributed by atoms with Crippen LogP contribution in [0.1, 0.15) is 13.8 Å². The lowest BCUT2D eigenvalue weighted by Gasteiger charge is -2.22. The summed E-state index contributed by atoms with van der Waals surface area (Å²) in [4.78, 5) is 51.1. The molecule has 4 aromatic rings. The molecule has 0 atom stereocenters. The summed E-state index contributed by atoms with van der Waals surface area (Å²) in [5.74, 6) is -1.20. The lowest BCUT2D eigenvalue weighted by Crippen LogP contribution is -2.29. The number of fused-ring (bicyclic) bond motifs is 1. The fourth-order valence-electron chi connectivity index (χ4n) is 3.31. The number of imidazole rings is 1. The van der Waals surface area contributed by atoms with Gasteiger partial charge in [0.05, 0.1) is 24.3 Å². The Hall–Kier alpha value is -4.80. The average molecular weight is 474 g/mol. The van der Waals surface area contributed by atoms with Crippen LogP contribution in [-0.4, -0.2) is 44.1 Å². The maximum absolute atomic E-state index is 13.4. The number of carbonyl (C=O) groups is 3. The summed E-state index contributed by atoms with van der Waals surface area (Å²) < 4.78 is 12.1. The molecule has 0 aliphatic rings. The highest BCUT2D eigenvalue weighted by atomic mass is 16.6. The lowest BCUT2D eigenvalue weighted by atomic mass is 10.2. The first-order chi connectivity index (χ1) is 17.0. The van der Waals surface area contributed by atoms with E-state index in [2.05, 4.69) is 20.3 Å². The molecule has 2 amide bonds. The van der Waals surface area contributed by atoms with Crippen molar-refractivity contribution < 1.29 is 23.9 Å². The van der Waals surface area contributed by atoms with Gasteiger partial charge in [0.25, 0.3) is 5.88 Å². The third-order valence-corrected chi connectivity index (χ3v) is 4.72. The van der Waals surface area contributed by atoms with E-state index in [1.807, 2.05) is 12.1 Å². The standard InChI is InChI=1S/C24H22N6O5/c1-3-34-19(32)14-29-15-25-20-21(29)27-23(26-16(2)31)28-22(20)35-24(33)30(17-10-6-4-7-11-17)18-12-8-5-9-13-18/h4-13,15H,3,14H2,1-2H3,(H,26,27,28,31). The van der Waals surface area contributed by atoms with E-state index >= 15 is 0 Å². The third kappa shape index (κ3) is 5.41. The van der Waals surface area contributed by atoms with Crippen molar-refractivity contribution in [2.24, 2.45) is 0 Å². The van der Waals surface area contributed by atoms with Gasteiger partial charge in [0.15, 0.2) is 11.2 Å². The number of amides is 2. The largest absolute Gasteiger partial charge is 0.465 e. The van der Waals surface area contributed by atoms with Gasteiger partial charge >= 0.3 is 12.1 Å². The first-order valence-corrected chi connectivity index (χ1v) is 10.7. The number of hydrogen-bond acceptors (Lipinski definition) is 8. The van der Waals surface area contributed by atoms with Gasteiger partial charge in [-0.3, -0.25) is 14.9 Å². The van der Waals surface area contributed by atoms with Crippen LogP contribution in [0.15, 0.2) is 67.0 Å². The highest BCUT2D eigenvalue weighted by molar-refractivity contribution is 5.98. The number of esters is 1. The van der Waals surface area contributed by atoms with Crippen molar-refractivity contribution in [3.05, 3.63) is 67.0 Å². The van der Waals surface area contributed by atoms with Gasteiger partial charge in [0.2, 0.25) is 11.9 Å². The van der Waals surface area contributed by atoms with E-state index in [9.17, 15) is 14.4 Å². The molecule has 0 aliphatic heterocycles. The predicted octanol–water partition coefficient (Wildman–Crippen LogP) is 3.68. The lowest BCUT2D eigenvalue weighted by molar-refractivity contribution is -0.143. The Kier molecular flexibility index (Phi) is 6.96. The Morgan fingerprint density at radius 1 is 0.971 bits per heavy atom. The van der Waals surface area contributed by atoms with Crippen LogP contribution >= 0.6 is 0 Å². The van der Waals surface area contributed by atoms with E-state index in [1.54, 1.807) is 55.5 Å². The molecule has 0 saturated carbocycles. The molecular weight excluding hydrogens is 452 g/mol. The SMILES string of the molecule is CCOC(=O)Cn1cnc2c(OC(=O)N(c3ccccc3)c3ccccc3)nc(NC(C)=O)nc21. The molecular formula is C24H22N6O5. The number of nitrogens with zero attached hydrogens (tertiary/aromatic N) is 5. The molecule has 0 saturated heterocycles. The molecule has 0 radical (unpaired) electrons.